The second-order valence-electron chi connectivity index (χ2n) is 9.15. The molecule has 1 spiro atoms. The Hall–Kier alpha value is -2.90. The highest BCUT2D eigenvalue weighted by molar-refractivity contribution is 6.09. The molecule has 1 atom stereocenters. The zero-order valence-corrected chi connectivity index (χ0v) is 18.4. The van der Waals surface area contributed by atoms with Crippen molar-refractivity contribution in [2.75, 3.05) is 23.7 Å². The van der Waals surface area contributed by atoms with E-state index in [1.54, 1.807) is 10.9 Å². The Morgan fingerprint density at radius 3 is 2.90 bits per heavy atom. The lowest BCUT2D eigenvalue weighted by molar-refractivity contribution is -0.133. The Morgan fingerprint density at radius 1 is 1.29 bits per heavy atom. The summed E-state index contributed by atoms with van der Waals surface area (Å²) in [5.41, 5.74) is 2.52. The molecule has 4 heterocycles. The Labute approximate surface area is 183 Å². The number of amidine groups is 1. The molecule has 1 unspecified atom stereocenters. The van der Waals surface area contributed by atoms with Gasteiger partial charge in [0.15, 0.2) is 5.82 Å². The minimum absolute atomic E-state index is 0.101. The van der Waals surface area contributed by atoms with Crippen LogP contribution in [0.2, 0.25) is 0 Å². The van der Waals surface area contributed by atoms with Crippen molar-refractivity contribution in [3.05, 3.63) is 35.8 Å². The Morgan fingerprint density at radius 2 is 2.13 bits per heavy atom. The average Bonchev–Trinajstić information content (AvgIpc) is 3.38. The molecular formula is C23H31N7O. The number of aromatic nitrogens is 3. The fourth-order valence-electron chi connectivity index (χ4n) is 5.15. The lowest BCUT2D eigenvalue weighted by Gasteiger charge is -2.47. The zero-order chi connectivity index (χ0) is 21.4. The molecule has 2 aliphatic heterocycles. The van der Waals surface area contributed by atoms with Gasteiger partial charge in [-0.2, -0.15) is 5.10 Å². The number of amides is 1. The number of hydrogen-bond donors (Lipinski definition) is 2. The summed E-state index contributed by atoms with van der Waals surface area (Å²) in [6.45, 7) is 5.58. The van der Waals surface area contributed by atoms with Gasteiger partial charge in [0.2, 0.25) is 5.91 Å². The van der Waals surface area contributed by atoms with Crippen LogP contribution in [0.5, 0.6) is 0 Å². The summed E-state index contributed by atoms with van der Waals surface area (Å²) in [7, 11) is 0. The molecule has 1 saturated heterocycles. The van der Waals surface area contributed by atoms with E-state index < -0.39 is 5.54 Å². The van der Waals surface area contributed by atoms with Crippen molar-refractivity contribution in [1.29, 1.82) is 0 Å². The highest BCUT2D eigenvalue weighted by Gasteiger charge is 2.45. The third-order valence-electron chi connectivity index (χ3n) is 6.74. The van der Waals surface area contributed by atoms with E-state index in [1.807, 2.05) is 36.9 Å². The highest BCUT2D eigenvalue weighted by atomic mass is 16.2. The van der Waals surface area contributed by atoms with Crippen molar-refractivity contribution in [2.24, 2.45) is 4.99 Å². The van der Waals surface area contributed by atoms with Crippen LogP contribution in [0.15, 0.2) is 29.4 Å². The number of anilines is 2. The summed E-state index contributed by atoms with van der Waals surface area (Å²) in [6.07, 6.45) is 8.41. The highest BCUT2D eigenvalue weighted by Crippen LogP contribution is 2.36. The smallest absolute Gasteiger partial charge is 0.244 e. The second kappa shape index (κ2) is 7.98. The van der Waals surface area contributed by atoms with E-state index in [4.69, 9.17) is 4.99 Å². The van der Waals surface area contributed by atoms with Crippen LogP contribution in [0.25, 0.3) is 0 Å². The molecule has 0 aromatic carbocycles. The first-order valence-electron chi connectivity index (χ1n) is 11.4. The maximum absolute atomic E-state index is 13.2. The number of pyridine rings is 1. The molecule has 1 aliphatic carbocycles. The van der Waals surface area contributed by atoms with Gasteiger partial charge in [-0.25, -0.2) is 4.98 Å². The molecule has 2 aromatic rings. The molecule has 8 nitrogen and oxygen atoms in total. The predicted molar refractivity (Wildman–Crippen MR) is 121 cm³/mol. The van der Waals surface area contributed by atoms with Gasteiger partial charge in [0.1, 0.15) is 17.9 Å². The van der Waals surface area contributed by atoms with Gasteiger partial charge in [-0.05, 0) is 57.7 Å². The maximum atomic E-state index is 13.2. The summed E-state index contributed by atoms with van der Waals surface area (Å²) in [4.78, 5) is 24.8. The summed E-state index contributed by atoms with van der Waals surface area (Å²) in [5.74, 6) is 1.86. The van der Waals surface area contributed by atoms with Crippen molar-refractivity contribution in [1.82, 2.24) is 19.7 Å². The molecule has 2 aromatic heterocycles. The predicted octanol–water partition coefficient (Wildman–Crippen LogP) is 3.13. The van der Waals surface area contributed by atoms with Gasteiger partial charge in [0, 0.05) is 18.4 Å². The van der Waals surface area contributed by atoms with Crippen LogP contribution in [-0.2, 0) is 11.3 Å². The molecule has 0 bridgehead atoms. The third-order valence-corrected chi connectivity index (χ3v) is 6.74. The van der Waals surface area contributed by atoms with Crippen molar-refractivity contribution in [3.63, 3.8) is 0 Å². The number of likely N-dealkylation sites (tertiary alicyclic amines) is 1. The first kappa shape index (κ1) is 20.0. The normalized spacial score (nSPS) is 24.8. The number of rotatable bonds is 3. The zero-order valence-electron chi connectivity index (χ0n) is 18.4. The van der Waals surface area contributed by atoms with Crippen LogP contribution >= 0.6 is 0 Å². The van der Waals surface area contributed by atoms with Crippen LogP contribution < -0.4 is 10.6 Å². The van der Waals surface area contributed by atoms with Crippen molar-refractivity contribution in [2.45, 2.75) is 70.5 Å². The fraction of sp³-hybridized carbons (Fsp3) is 0.565. The number of nitrogens with one attached hydrogen (secondary N) is 2. The molecular weight excluding hydrogens is 390 g/mol. The molecule has 2 N–H and O–H groups in total. The van der Waals surface area contributed by atoms with E-state index >= 15 is 0 Å². The van der Waals surface area contributed by atoms with Crippen LogP contribution in [0.1, 0.15) is 49.9 Å². The number of carbonyl (C=O) groups excluding carboxylic acids is 1. The minimum Gasteiger partial charge on any atom is -0.368 e. The van der Waals surface area contributed by atoms with Crippen molar-refractivity contribution < 1.29 is 4.79 Å². The SMILES string of the molecule is Cc1cc(C)n(CC(=O)N2CCCC3(C2)Nc2cccnc2NC3=NC2CCCC2)n1. The number of hydrogen-bond acceptors (Lipinski definition) is 5. The van der Waals surface area contributed by atoms with Gasteiger partial charge in [-0.3, -0.25) is 14.5 Å². The lowest BCUT2D eigenvalue weighted by Crippen LogP contribution is -2.63. The topological polar surface area (TPSA) is 87.4 Å². The van der Waals surface area contributed by atoms with E-state index in [2.05, 4.69) is 20.7 Å². The van der Waals surface area contributed by atoms with Crippen LogP contribution in [0, 0.1) is 13.8 Å². The molecule has 5 rings (SSSR count). The van der Waals surface area contributed by atoms with E-state index in [0.29, 0.717) is 12.6 Å². The molecule has 3 aliphatic rings. The quantitative estimate of drug-likeness (QED) is 0.795. The number of aryl methyl sites for hydroxylation is 2. The molecule has 1 saturated carbocycles. The molecule has 1 amide bonds. The standard InChI is InChI=1S/C23H31N7O/c1-16-13-17(2)30(28-16)14-20(31)29-12-6-10-23(15-29)22(25-18-7-3-4-8-18)26-21-19(27-23)9-5-11-24-21/h5,9,11,13,18,27H,3-4,6-8,10,12,14-15H2,1-2H3,(H,24,25,26). The first-order valence-corrected chi connectivity index (χ1v) is 11.4. The Kier molecular flexibility index (Phi) is 5.16. The van der Waals surface area contributed by atoms with Crippen LogP contribution in [0.3, 0.4) is 0 Å². The van der Waals surface area contributed by atoms with Crippen molar-refractivity contribution >= 4 is 23.2 Å². The van der Waals surface area contributed by atoms with Gasteiger partial charge in [-0.1, -0.05) is 12.8 Å². The molecule has 2 fully saturated rings. The monoisotopic (exact) mass is 421 g/mol. The van der Waals surface area contributed by atoms with Gasteiger partial charge in [0.05, 0.1) is 24.0 Å². The van der Waals surface area contributed by atoms with Gasteiger partial charge in [0.25, 0.3) is 0 Å². The van der Waals surface area contributed by atoms with E-state index in [1.165, 1.54) is 12.8 Å². The molecule has 0 radical (unpaired) electrons. The van der Waals surface area contributed by atoms with Crippen LogP contribution in [0.4, 0.5) is 11.5 Å². The van der Waals surface area contributed by atoms with Gasteiger partial charge in [-0.15, -0.1) is 0 Å². The second-order valence-corrected chi connectivity index (χ2v) is 9.15. The fourth-order valence-corrected chi connectivity index (χ4v) is 5.15. The Bertz CT molecular complexity index is 1010. The molecule has 164 valence electrons. The molecule has 8 heteroatoms. The average molecular weight is 422 g/mol. The number of aliphatic imine (C=N–C) groups is 1. The van der Waals surface area contributed by atoms with Crippen molar-refractivity contribution in [3.8, 4) is 0 Å². The number of carbonyl (C=O) groups is 1. The summed E-state index contributed by atoms with van der Waals surface area (Å²) in [6, 6.07) is 6.34. The van der Waals surface area contributed by atoms with E-state index in [-0.39, 0.29) is 12.5 Å². The van der Waals surface area contributed by atoms with Gasteiger partial charge >= 0.3 is 0 Å². The van der Waals surface area contributed by atoms with Gasteiger partial charge < -0.3 is 15.5 Å². The summed E-state index contributed by atoms with van der Waals surface area (Å²) < 4.78 is 1.80. The number of nitrogens with zero attached hydrogens (tertiary/aromatic N) is 5. The number of piperidine rings is 1. The number of fused-ring (bicyclic) bond motifs is 1. The summed E-state index contributed by atoms with van der Waals surface area (Å²) in [5, 5.41) is 11.7. The molecule has 31 heavy (non-hydrogen) atoms. The minimum atomic E-state index is -0.401. The Balaban J connectivity index is 1.42. The van der Waals surface area contributed by atoms with E-state index in [9.17, 15) is 4.79 Å². The summed E-state index contributed by atoms with van der Waals surface area (Å²) >= 11 is 0. The third kappa shape index (κ3) is 3.91. The largest absolute Gasteiger partial charge is 0.368 e. The maximum Gasteiger partial charge on any atom is 0.244 e. The lowest BCUT2D eigenvalue weighted by atomic mass is 9.85. The first-order chi connectivity index (χ1) is 15.0. The van der Waals surface area contributed by atoms with E-state index in [0.717, 1.165) is 61.0 Å². The van der Waals surface area contributed by atoms with Crippen LogP contribution in [-0.4, -0.2) is 56.1 Å².